The van der Waals surface area contributed by atoms with Crippen molar-refractivity contribution in [3.8, 4) is 28.6 Å². The molecule has 0 unspecified atom stereocenters. The van der Waals surface area contributed by atoms with Crippen molar-refractivity contribution in [2.24, 2.45) is 0 Å². The van der Waals surface area contributed by atoms with Gasteiger partial charge in [-0.1, -0.05) is 22.9 Å². The van der Waals surface area contributed by atoms with Crippen molar-refractivity contribution in [2.75, 3.05) is 0 Å². The van der Waals surface area contributed by atoms with Crippen LogP contribution in [0.2, 0.25) is 0 Å². The summed E-state index contributed by atoms with van der Waals surface area (Å²) in [6, 6.07) is 10.2. The highest BCUT2D eigenvalue weighted by molar-refractivity contribution is 5.71. The minimum Gasteiger partial charge on any atom is -0.369 e. The molecule has 7 rings (SSSR count). The second kappa shape index (κ2) is 7.95. The minimum atomic E-state index is 0.320. The van der Waals surface area contributed by atoms with Gasteiger partial charge < -0.3 is 13.8 Å². The van der Waals surface area contributed by atoms with Gasteiger partial charge in [0.05, 0.1) is 24.5 Å². The second-order valence-corrected chi connectivity index (χ2v) is 9.04. The molecule has 0 atom stereocenters. The highest BCUT2D eigenvalue weighted by Crippen LogP contribution is 2.40. The van der Waals surface area contributed by atoms with Gasteiger partial charge in [0.15, 0.2) is 11.6 Å². The molecule has 0 saturated heterocycles. The van der Waals surface area contributed by atoms with Gasteiger partial charge in [0.2, 0.25) is 11.7 Å². The standard InChI is InChI=1S/C25H22N8O2/c1-15-4-7-19-18(9-15)24-30-29-21(13-34-12-16-3-2-8-26-10-16)32(24)11-20-22(27-14-33(19)20)23-28-25(35-31-23)17-5-6-17/h2-4,7-10,14,17H,5-6,11-13H2,1H3. The molecule has 10 heteroatoms. The zero-order chi connectivity index (χ0) is 23.4. The zero-order valence-corrected chi connectivity index (χ0v) is 19.1. The number of imidazole rings is 1. The Morgan fingerprint density at radius 3 is 2.94 bits per heavy atom. The Hall–Kier alpha value is -4.18. The minimum absolute atomic E-state index is 0.320. The quantitative estimate of drug-likeness (QED) is 0.364. The Bertz CT molecular complexity index is 1530. The van der Waals surface area contributed by atoms with Crippen molar-refractivity contribution >= 4 is 0 Å². The van der Waals surface area contributed by atoms with Gasteiger partial charge in [0, 0.05) is 23.9 Å². The van der Waals surface area contributed by atoms with Crippen LogP contribution in [0.4, 0.5) is 0 Å². The van der Waals surface area contributed by atoms with Gasteiger partial charge in [0.1, 0.15) is 18.6 Å². The molecule has 0 spiro atoms. The van der Waals surface area contributed by atoms with Gasteiger partial charge in [-0.15, -0.1) is 10.2 Å². The number of aromatic nitrogens is 8. The van der Waals surface area contributed by atoms with Crippen molar-refractivity contribution < 1.29 is 9.26 Å². The first-order valence-corrected chi connectivity index (χ1v) is 11.6. The lowest BCUT2D eigenvalue weighted by molar-refractivity contribution is 0.0992. The number of rotatable bonds is 6. The molecule has 0 radical (unpaired) electrons. The largest absolute Gasteiger partial charge is 0.369 e. The van der Waals surface area contributed by atoms with Crippen LogP contribution in [0.3, 0.4) is 0 Å². The Labute approximate surface area is 200 Å². The maximum absolute atomic E-state index is 5.98. The normalized spacial score (nSPS) is 14.3. The molecule has 35 heavy (non-hydrogen) atoms. The maximum atomic E-state index is 5.98. The zero-order valence-electron chi connectivity index (χ0n) is 19.1. The summed E-state index contributed by atoms with van der Waals surface area (Å²) in [5.41, 5.74) is 5.78. The summed E-state index contributed by atoms with van der Waals surface area (Å²) in [4.78, 5) is 13.5. The van der Waals surface area contributed by atoms with E-state index in [9.17, 15) is 0 Å². The van der Waals surface area contributed by atoms with E-state index in [-0.39, 0.29) is 0 Å². The van der Waals surface area contributed by atoms with Crippen molar-refractivity contribution in [3.05, 3.63) is 77.6 Å². The average molecular weight is 467 g/mol. The lowest BCUT2D eigenvalue weighted by atomic mass is 10.1. The molecule has 5 aromatic rings. The van der Waals surface area contributed by atoms with Crippen LogP contribution in [0.15, 0.2) is 53.6 Å². The van der Waals surface area contributed by atoms with Crippen LogP contribution in [0, 0.1) is 6.92 Å². The monoisotopic (exact) mass is 466 g/mol. The SMILES string of the molecule is Cc1ccc2c(c1)-c1nnc(COCc3cccnc3)n1Cc1c(-c3noc(C4CC4)n3)ncn1-2. The summed E-state index contributed by atoms with van der Waals surface area (Å²) in [6.45, 7) is 3.34. The molecule has 4 aromatic heterocycles. The molecular formula is C25H22N8O2. The second-order valence-electron chi connectivity index (χ2n) is 9.04. The van der Waals surface area contributed by atoms with Crippen LogP contribution in [0.25, 0.3) is 28.6 Å². The van der Waals surface area contributed by atoms with Crippen LogP contribution in [0.1, 0.15) is 47.3 Å². The molecule has 10 nitrogen and oxygen atoms in total. The van der Waals surface area contributed by atoms with Crippen LogP contribution in [0.5, 0.6) is 0 Å². The van der Waals surface area contributed by atoms with Gasteiger partial charge in [0.25, 0.3) is 0 Å². The molecular weight excluding hydrogens is 444 g/mol. The molecule has 174 valence electrons. The third kappa shape index (κ3) is 3.53. The molecule has 2 aliphatic rings. The Balaban J connectivity index is 1.29. The van der Waals surface area contributed by atoms with Gasteiger partial charge in [-0.25, -0.2) is 4.98 Å². The number of hydrogen-bond donors (Lipinski definition) is 0. The van der Waals surface area contributed by atoms with E-state index in [2.05, 4.69) is 59.6 Å². The lowest BCUT2D eigenvalue weighted by Crippen LogP contribution is -2.10. The van der Waals surface area contributed by atoms with Gasteiger partial charge >= 0.3 is 0 Å². The topological polar surface area (TPSA) is 110 Å². The average Bonchev–Trinajstić information content (AvgIpc) is 3.31. The summed E-state index contributed by atoms with van der Waals surface area (Å²) in [6.07, 6.45) is 7.57. The van der Waals surface area contributed by atoms with Crippen molar-refractivity contribution in [1.29, 1.82) is 0 Å². The first-order chi connectivity index (χ1) is 17.2. The fourth-order valence-corrected chi connectivity index (χ4v) is 4.49. The molecule has 1 saturated carbocycles. The number of fused-ring (bicyclic) bond motifs is 5. The summed E-state index contributed by atoms with van der Waals surface area (Å²) in [7, 11) is 0. The molecule has 0 N–H and O–H groups in total. The highest BCUT2D eigenvalue weighted by Gasteiger charge is 2.32. The molecule has 1 aliphatic heterocycles. The molecule has 5 heterocycles. The Morgan fingerprint density at radius 2 is 2.09 bits per heavy atom. The van der Waals surface area contributed by atoms with Crippen molar-refractivity contribution in [1.82, 2.24) is 39.4 Å². The summed E-state index contributed by atoms with van der Waals surface area (Å²) in [5, 5.41) is 13.3. The van der Waals surface area contributed by atoms with E-state index >= 15 is 0 Å². The predicted octanol–water partition coefficient (Wildman–Crippen LogP) is 3.84. The Kier molecular flexibility index (Phi) is 4.59. The van der Waals surface area contributed by atoms with Crippen LogP contribution in [-0.2, 0) is 24.5 Å². The lowest BCUT2D eigenvalue weighted by Gasteiger charge is -2.09. The van der Waals surface area contributed by atoms with E-state index in [0.717, 1.165) is 52.6 Å². The molecule has 0 bridgehead atoms. The number of benzene rings is 1. The van der Waals surface area contributed by atoms with Crippen LogP contribution >= 0.6 is 0 Å². The van der Waals surface area contributed by atoms with E-state index in [0.29, 0.717) is 43.1 Å². The number of hydrogen-bond acceptors (Lipinski definition) is 8. The van der Waals surface area contributed by atoms with Crippen LogP contribution in [-0.4, -0.2) is 39.4 Å². The van der Waals surface area contributed by atoms with Crippen molar-refractivity contribution in [3.63, 3.8) is 0 Å². The summed E-state index contributed by atoms with van der Waals surface area (Å²) in [5.74, 6) is 3.13. The van der Waals surface area contributed by atoms with Gasteiger partial charge in [-0.05, 0) is 43.5 Å². The third-order valence-corrected chi connectivity index (χ3v) is 6.46. The van der Waals surface area contributed by atoms with Crippen LogP contribution < -0.4 is 0 Å². The predicted molar refractivity (Wildman–Crippen MR) is 124 cm³/mol. The summed E-state index contributed by atoms with van der Waals surface area (Å²) >= 11 is 0. The number of ether oxygens (including phenoxy) is 1. The smallest absolute Gasteiger partial charge is 0.230 e. The summed E-state index contributed by atoms with van der Waals surface area (Å²) < 4.78 is 15.7. The van der Waals surface area contributed by atoms with E-state index in [1.165, 1.54) is 0 Å². The first kappa shape index (κ1) is 20.2. The fourth-order valence-electron chi connectivity index (χ4n) is 4.49. The molecule has 1 aliphatic carbocycles. The van der Waals surface area contributed by atoms with Gasteiger partial charge in [-0.3, -0.25) is 9.55 Å². The van der Waals surface area contributed by atoms with E-state index in [4.69, 9.17) is 14.2 Å². The number of aryl methyl sites for hydroxylation is 1. The highest BCUT2D eigenvalue weighted by atomic mass is 16.5. The third-order valence-electron chi connectivity index (χ3n) is 6.46. The fraction of sp³-hybridized carbons (Fsp3) is 0.280. The maximum Gasteiger partial charge on any atom is 0.230 e. The number of nitrogens with zero attached hydrogens (tertiary/aromatic N) is 8. The van der Waals surface area contributed by atoms with E-state index in [1.54, 1.807) is 12.4 Å². The number of pyridine rings is 1. The van der Waals surface area contributed by atoms with Crippen molar-refractivity contribution in [2.45, 2.75) is 45.4 Å². The Morgan fingerprint density at radius 1 is 1.14 bits per heavy atom. The van der Waals surface area contributed by atoms with E-state index in [1.807, 2.05) is 18.5 Å². The molecule has 1 fully saturated rings. The molecule has 1 aromatic carbocycles. The first-order valence-electron chi connectivity index (χ1n) is 11.6. The molecule has 0 amide bonds. The van der Waals surface area contributed by atoms with E-state index < -0.39 is 0 Å². The van der Waals surface area contributed by atoms with Gasteiger partial charge in [-0.2, -0.15) is 4.98 Å².